The fourth-order valence-corrected chi connectivity index (χ4v) is 2.24. The number of amides is 1. The Morgan fingerprint density at radius 2 is 2.08 bits per heavy atom. The molecular formula is C16H16N6O3. The van der Waals surface area contributed by atoms with Crippen LogP contribution in [0.3, 0.4) is 0 Å². The van der Waals surface area contributed by atoms with Crippen LogP contribution in [0.1, 0.15) is 10.5 Å². The molecule has 3 rings (SSSR count). The quantitative estimate of drug-likeness (QED) is 0.691. The van der Waals surface area contributed by atoms with Gasteiger partial charge in [-0.1, -0.05) is 12.1 Å². The molecule has 1 N–H and O–H groups in total. The van der Waals surface area contributed by atoms with Crippen LogP contribution in [0.5, 0.6) is 0 Å². The SMILES string of the molecule is COC(=O)CN(C)c1cccc2nc(NC(=O)c3ccccn3)nn12. The second kappa shape index (κ2) is 6.95. The smallest absolute Gasteiger partial charge is 0.325 e. The summed E-state index contributed by atoms with van der Waals surface area (Å²) in [6.07, 6.45) is 1.53. The number of anilines is 2. The van der Waals surface area contributed by atoms with Crippen LogP contribution in [0, 0.1) is 0 Å². The maximum Gasteiger partial charge on any atom is 0.325 e. The average molecular weight is 340 g/mol. The summed E-state index contributed by atoms with van der Waals surface area (Å²) in [6.45, 7) is 0.0606. The number of aromatic nitrogens is 4. The first kappa shape index (κ1) is 16.4. The van der Waals surface area contributed by atoms with Gasteiger partial charge in [-0.2, -0.15) is 9.50 Å². The Balaban J connectivity index is 1.86. The molecule has 0 fully saturated rings. The Kier molecular flexibility index (Phi) is 4.55. The van der Waals surface area contributed by atoms with Crippen molar-refractivity contribution in [2.24, 2.45) is 0 Å². The molecule has 0 spiro atoms. The molecule has 0 aliphatic rings. The van der Waals surface area contributed by atoms with Gasteiger partial charge in [0.2, 0.25) is 5.95 Å². The van der Waals surface area contributed by atoms with Gasteiger partial charge in [0, 0.05) is 13.2 Å². The van der Waals surface area contributed by atoms with Crippen LogP contribution < -0.4 is 10.2 Å². The van der Waals surface area contributed by atoms with Crippen LogP contribution in [-0.4, -0.2) is 52.2 Å². The number of fused-ring (bicyclic) bond motifs is 1. The number of methoxy groups -OCH3 is 1. The number of carbonyl (C=O) groups is 2. The van der Waals surface area contributed by atoms with Gasteiger partial charge in [0.15, 0.2) is 5.65 Å². The molecule has 3 heterocycles. The fraction of sp³-hybridized carbons (Fsp3) is 0.188. The highest BCUT2D eigenvalue weighted by atomic mass is 16.5. The maximum absolute atomic E-state index is 12.2. The molecule has 0 radical (unpaired) electrons. The Labute approximate surface area is 143 Å². The Morgan fingerprint density at radius 3 is 2.80 bits per heavy atom. The Hall–Kier alpha value is -3.49. The summed E-state index contributed by atoms with van der Waals surface area (Å²) < 4.78 is 6.21. The lowest BCUT2D eigenvalue weighted by Crippen LogP contribution is -2.28. The third kappa shape index (κ3) is 3.55. The van der Waals surface area contributed by atoms with Crippen molar-refractivity contribution < 1.29 is 14.3 Å². The van der Waals surface area contributed by atoms with Crippen molar-refractivity contribution >= 4 is 29.3 Å². The molecule has 0 aliphatic carbocycles. The molecule has 3 aromatic rings. The van der Waals surface area contributed by atoms with E-state index in [0.717, 1.165) is 0 Å². The van der Waals surface area contributed by atoms with Crippen LogP contribution in [0.2, 0.25) is 0 Å². The van der Waals surface area contributed by atoms with Crippen molar-refractivity contribution in [3.63, 3.8) is 0 Å². The first-order valence-electron chi connectivity index (χ1n) is 7.44. The monoisotopic (exact) mass is 340 g/mol. The minimum absolute atomic E-state index is 0.0606. The van der Waals surface area contributed by atoms with E-state index < -0.39 is 5.91 Å². The van der Waals surface area contributed by atoms with Crippen molar-refractivity contribution in [2.45, 2.75) is 0 Å². The molecule has 0 saturated carbocycles. The number of likely N-dealkylation sites (N-methyl/N-ethyl adjacent to an activating group) is 1. The number of hydrogen-bond donors (Lipinski definition) is 1. The van der Waals surface area contributed by atoms with Crippen LogP contribution in [0.4, 0.5) is 11.8 Å². The summed E-state index contributed by atoms with van der Waals surface area (Å²) >= 11 is 0. The third-order valence-corrected chi connectivity index (χ3v) is 3.45. The molecule has 0 aliphatic heterocycles. The van der Waals surface area contributed by atoms with Gasteiger partial charge in [0.1, 0.15) is 18.1 Å². The lowest BCUT2D eigenvalue weighted by atomic mass is 10.3. The molecule has 3 aromatic heterocycles. The van der Waals surface area contributed by atoms with Gasteiger partial charge < -0.3 is 9.64 Å². The second-order valence-electron chi connectivity index (χ2n) is 5.19. The van der Waals surface area contributed by atoms with Crippen molar-refractivity contribution in [3.8, 4) is 0 Å². The minimum atomic E-state index is -0.402. The number of nitrogens with one attached hydrogen (secondary N) is 1. The first-order valence-corrected chi connectivity index (χ1v) is 7.44. The van der Waals surface area contributed by atoms with E-state index in [-0.39, 0.29) is 24.2 Å². The molecule has 0 atom stereocenters. The van der Waals surface area contributed by atoms with Gasteiger partial charge in [0.05, 0.1) is 7.11 Å². The van der Waals surface area contributed by atoms with Gasteiger partial charge in [-0.05, 0) is 24.3 Å². The van der Waals surface area contributed by atoms with Crippen molar-refractivity contribution in [1.29, 1.82) is 0 Å². The van der Waals surface area contributed by atoms with Crippen molar-refractivity contribution in [3.05, 3.63) is 48.3 Å². The predicted octanol–water partition coefficient (Wildman–Crippen LogP) is 0.986. The van der Waals surface area contributed by atoms with Crippen LogP contribution >= 0.6 is 0 Å². The highest BCUT2D eigenvalue weighted by Gasteiger charge is 2.15. The molecule has 0 saturated heterocycles. The van der Waals surface area contributed by atoms with E-state index in [1.165, 1.54) is 17.8 Å². The van der Waals surface area contributed by atoms with E-state index in [1.807, 2.05) is 0 Å². The predicted molar refractivity (Wildman–Crippen MR) is 90.5 cm³/mol. The van der Waals surface area contributed by atoms with E-state index in [2.05, 4.69) is 25.1 Å². The van der Waals surface area contributed by atoms with Gasteiger partial charge >= 0.3 is 5.97 Å². The van der Waals surface area contributed by atoms with E-state index in [0.29, 0.717) is 11.5 Å². The van der Waals surface area contributed by atoms with Crippen molar-refractivity contribution in [2.75, 3.05) is 30.9 Å². The number of ether oxygens (including phenoxy) is 1. The normalized spacial score (nSPS) is 10.5. The number of carbonyl (C=O) groups excluding carboxylic acids is 2. The lowest BCUT2D eigenvalue weighted by molar-refractivity contribution is -0.138. The molecule has 25 heavy (non-hydrogen) atoms. The van der Waals surface area contributed by atoms with Gasteiger partial charge in [-0.3, -0.25) is 19.9 Å². The van der Waals surface area contributed by atoms with Crippen molar-refractivity contribution in [1.82, 2.24) is 19.6 Å². The molecule has 1 amide bonds. The second-order valence-corrected chi connectivity index (χ2v) is 5.19. The molecular weight excluding hydrogens is 324 g/mol. The van der Waals surface area contributed by atoms with Gasteiger partial charge in [-0.15, -0.1) is 5.10 Å². The number of nitrogens with zero attached hydrogens (tertiary/aromatic N) is 5. The zero-order chi connectivity index (χ0) is 17.8. The van der Waals surface area contributed by atoms with Crippen LogP contribution in [0.15, 0.2) is 42.6 Å². The number of hydrogen-bond acceptors (Lipinski definition) is 7. The van der Waals surface area contributed by atoms with Gasteiger partial charge in [-0.25, -0.2) is 0 Å². The van der Waals surface area contributed by atoms with Crippen LogP contribution in [0.25, 0.3) is 5.65 Å². The first-order chi connectivity index (χ1) is 12.1. The van der Waals surface area contributed by atoms with E-state index in [1.54, 1.807) is 48.3 Å². The zero-order valence-corrected chi connectivity index (χ0v) is 13.7. The molecule has 0 aromatic carbocycles. The highest BCUT2D eigenvalue weighted by Crippen LogP contribution is 2.16. The van der Waals surface area contributed by atoms with Crippen LogP contribution in [-0.2, 0) is 9.53 Å². The lowest BCUT2D eigenvalue weighted by Gasteiger charge is -2.17. The summed E-state index contributed by atoms with van der Waals surface area (Å²) in [5.41, 5.74) is 0.801. The Morgan fingerprint density at radius 1 is 1.24 bits per heavy atom. The number of esters is 1. The number of rotatable bonds is 5. The summed E-state index contributed by atoms with van der Waals surface area (Å²) in [5.74, 6) is 0.00701. The highest BCUT2D eigenvalue weighted by molar-refractivity contribution is 6.01. The summed E-state index contributed by atoms with van der Waals surface area (Å²) in [5, 5.41) is 6.90. The average Bonchev–Trinajstić information content (AvgIpc) is 3.04. The summed E-state index contributed by atoms with van der Waals surface area (Å²) in [4.78, 5) is 33.6. The zero-order valence-electron chi connectivity index (χ0n) is 13.7. The maximum atomic E-state index is 12.2. The fourth-order valence-electron chi connectivity index (χ4n) is 2.24. The minimum Gasteiger partial charge on any atom is -0.468 e. The molecule has 9 heteroatoms. The molecule has 0 unspecified atom stereocenters. The molecule has 128 valence electrons. The largest absolute Gasteiger partial charge is 0.468 e. The topological polar surface area (TPSA) is 102 Å². The summed E-state index contributed by atoms with van der Waals surface area (Å²) in [7, 11) is 3.07. The standard InChI is InChI=1S/C16H16N6O3/c1-21(10-14(23)25-2)13-8-5-7-12-18-16(20-22(12)13)19-15(24)11-6-3-4-9-17-11/h3-9H,10H2,1-2H3,(H,19,20,24). The number of pyridine rings is 2. The van der Waals surface area contributed by atoms with Gasteiger partial charge in [0.25, 0.3) is 5.91 Å². The summed E-state index contributed by atoms with van der Waals surface area (Å²) in [6, 6.07) is 10.4. The van der Waals surface area contributed by atoms with E-state index >= 15 is 0 Å². The van der Waals surface area contributed by atoms with E-state index in [9.17, 15) is 9.59 Å². The molecule has 0 bridgehead atoms. The molecule has 9 nitrogen and oxygen atoms in total. The van der Waals surface area contributed by atoms with E-state index in [4.69, 9.17) is 0 Å². The third-order valence-electron chi connectivity index (χ3n) is 3.45. The Bertz CT molecular complexity index is 909.